The number of rotatable bonds is 3. The molecule has 3 nitrogen and oxygen atoms in total. The van der Waals surface area contributed by atoms with Crippen molar-refractivity contribution in [3.8, 4) is 0 Å². The molecule has 1 aromatic rings. The molecule has 1 saturated carbocycles. The summed E-state index contributed by atoms with van der Waals surface area (Å²) in [6, 6.07) is 7.90. The first kappa shape index (κ1) is 15.0. The van der Waals surface area contributed by atoms with Crippen molar-refractivity contribution in [2.24, 2.45) is 17.1 Å². The van der Waals surface area contributed by atoms with Crippen LogP contribution >= 0.6 is 0 Å². The van der Waals surface area contributed by atoms with Crippen LogP contribution in [-0.2, 0) is 11.3 Å². The van der Waals surface area contributed by atoms with Gasteiger partial charge in [-0.3, -0.25) is 4.79 Å². The smallest absolute Gasteiger partial charge is 0.230 e. The van der Waals surface area contributed by atoms with E-state index in [2.05, 4.69) is 13.8 Å². The van der Waals surface area contributed by atoms with E-state index in [0.29, 0.717) is 6.54 Å². The van der Waals surface area contributed by atoms with Gasteiger partial charge in [0.1, 0.15) is 0 Å². The quantitative estimate of drug-likeness (QED) is 0.919. The number of benzene rings is 1. The minimum absolute atomic E-state index is 0.0985. The summed E-state index contributed by atoms with van der Waals surface area (Å²) in [7, 11) is 1.88. The van der Waals surface area contributed by atoms with Crippen LogP contribution in [0.25, 0.3) is 0 Å². The molecule has 1 amide bonds. The van der Waals surface area contributed by atoms with Crippen LogP contribution in [0.2, 0.25) is 0 Å². The molecule has 0 spiro atoms. The molecule has 110 valence electrons. The minimum atomic E-state index is 0.0985. The van der Waals surface area contributed by atoms with Crippen LogP contribution in [0.15, 0.2) is 24.3 Å². The molecule has 1 atom stereocenters. The highest BCUT2D eigenvalue weighted by atomic mass is 16.2. The van der Waals surface area contributed by atoms with E-state index in [1.165, 1.54) is 6.42 Å². The molecule has 0 saturated heterocycles. The zero-order chi connectivity index (χ0) is 14.8. The van der Waals surface area contributed by atoms with Gasteiger partial charge < -0.3 is 10.6 Å². The molecule has 0 radical (unpaired) electrons. The molecule has 3 heteroatoms. The highest BCUT2D eigenvalue weighted by Crippen LogP contribution is 2.41. The monoisotopic (exact) mass is 274 g/mol. The molecule has 1 aliphatic carbocycles. The van der Waals surface area contributed by atoms with Crippen molar-refractivity contribution >= 4 is 11.6 Å². The average molecular weight is 274 g/mol. The Morgan fingerprint density at radius 3 is 2.70 bits per heavy atom. The molecule has 0 aromatic heterocycles. The summed E-state index contributed by atoms with van der Waals surface area (Å²) in [6.07, 6.45) is 4.53. The van der Waals surface area contributed by atoms with E-state index in [1.807, 2.05) is 31.3 Å². The van der Waals surface area contributed by atoms with E-state index in [-0.39, 0.29) is 17.2 Å². The number of hydrogen-bond acceptors (Lipinski definition) is 2. The highest BCUT2D eigenvalue weighted by molar-refractivity contribution is 5.95. The summed E-state index contributed by atoms with van der Waals surface area (Å²) >= 11 is 0. The maximum Gasteiger partial charge on any atom is 0.230 e. The zero-order valence-electron chi connectivity index (χ0n) is 12.9. The van der Waals surface area contributed by atoms with Crippen LogP contribution in [0.3, 0.4) is 0 Å². The Bertz CT molecular complexity index is 482. The van der Waals surface area contributed by atoms with E-state index in [4.69, 9.17) is 5.73 Å². The molecule has 1 aliphatic rings. The van der Waals surface area contributed by atoms with Crippen molar-refractivity contribution in [3.05, 3.63) is 29.8 Å². The molecular formula is C17H26N2O. The molecular weight excluding hydrogens is 248 g/mol. The number of nitrogens with zero attached hydrogens (tertiary/aromatic N) is 1. The molecule has 20 heavy (non-hydrogen) atoms. The number of hydrogen-bond donors (Lipinski definition) is 1. The van der Waals surface area contributed by atoms with Crippen LogP contribution in [0.5, 0.6) is 0 Å². The molecule has 2 rings (SSSR count). The number of carbonyl (C=O) groups excluding carboxylic acids is 1. The Balaban J connectivity index is 2.24. The summed E-state index contributed by atoms with van der Waals surface area (Å²) in [4.78, 5) is 14.7. The maximum atomic E-state index is 12.9. The van der Waals surface area contributed by atoms with Gasteiger partial charge in [0.15, 0.2) is 0 Å². The van der Waals surface area contributed by atoms with Crippen molar-refractivity contribution in [2.45, 2.75) is 46.1 Å². The fourth-order valence-electron chi connectivity index (χ4n) is 3.31. The Hall–Kier alpha value is -1.35. The fourth-order valence-corrected chi connectivity index (χ4v) is 3.31. The number of carbonyl (C=O) groups is 1. The summed E-state index contributed by atoms with van der Waals surface area (Å²) in [6.45, 7) is 4.90. The molecule has 1 aromatic carbocycles. The van der Waals surface area contributed by atoms with E-state index in [0.717, 1.165) is 30.5 Å². The molecule has 1 fully saturated rings. The van der Waals surface area contributed by atoms with Gasteiger partial charge in [0.2, 0.25) is 5.91 Å². The molecule has 2 N–H and O–H groups in total. The summed E-state index contributed by atoms with van der Waals surface area (Å²) in [5.41, 5.74) is 7.85. The number of para-hydroxylation sites is 1. The predicted molar refractivity (Wildman–Crippen MR) is 83.5 cm³/mol. The van der Waals surface area contributed by atoms with Crippen molar-refractivity contribution in [1.29, 1.82) is 0 Å². The first-order valence-electron chi connectivity index (χ1n) is 7.53. The van der Waals surface area contributed by atoms with Crippen molar-refractivity contribution in [1.82, 2.24) is 0 Å². The van der Waals surface area contributed by atoms with E-state index in [9.17, 15) is 4.79 Å². The van der Waals surface area contributed by atoms with Gasteiger partial charge in [0.25, 0.3) is 0 Å². The molecule has 0 aliphatic heterocycles. The van der Waals surface area contributed by atoms with Crippen LogP contribution in [0, 0.1) is 11.3 Å². The van der Waals surface area contributed by atoms with Crippen LogP contribution in [0.4, 0.5) is 5.69 Å². The average Bonchev–Trinajstić information content (AvgIpc) is 2.45. The third-order valence-electron chi connectivity index (χ3n) is 4.71. The zero-order valence-corrected chi connectivity index (χ0v) is 12.9. The lowest BCUT2D eigenvalue weighted by molar-refractivity contribution is -0.127. The Labute approximate surface area is 122 Å². The van der Waals surface area contributed by atoms with Gasteiger partial charge in [-0.2, -0.15) is 0 Å². The van der Waals surface area contributed by atoms with E-state index < -0.39 is 0 Å². The van der Waals surface area contributed by atoms with Gasteiger partial charge in [-0.1, -0.05) is 44.9 Å². The van der Waals surface area contributed by atoms with Gasteiger partial charge in [-0.15, -0.1) is 0 Å². The SMILES string of the molecule is CN(C(=O)C1CCCCC1(C)C)c1ccccc1CN. The second-order valence-electron chi connectivity index (χ2n) is 6.52. The predicted octanol–water partition coefficient (Wildman–Crippen LogP) is 3.32. The molecule has 0 heterocycles. The van der Waals surface area contributed by atoms with Gasteiger partial charge >= 0.3 is 0 Å². The third-order valence-corrected chi connectivity index (χ3v) is 4.71. The Morgan fingerprint density at radius 1 is 1.35 bits per heavy atom. The number of amides is 1. The Morgan fingerprint density at radius 2 is 2.05 bits per heavy atom. The van der Waals surface area contributed by atoms with Crippen molar-refractivity contribution in [3.63, 3.8) is 0 Å². The minimum Gasteiger partial charge on any atom is -0.326 e. The lowest BCUT2D eigenvalue weighted by Gasteiger charge is -2.39. The van der Waals surface area contributed by atoms with E-state index in [1.54, 1.807) is 4.90 Å². The van der Waals surface area contributed by atoms with Crippen LogP contribution < -0.4 is 10.6 Å². The lowest BCUT2D eigenvalue weighted by atomic mass is 9.68. The van der Waals surface area contributed by atoms with Gasteiger partial charge in [-0.05, 0) is 29.9 Å². The largest absolute Gasteiger partial charge is 0.326 e. The van der Waals surface area contributed by atoms with E-state index >= 15 is 0 Å². The Kier molecular flexibility index (Phi) is 4.48. The summed E-state index contributed by atoms with van der Waals surface area (Å²) < 4.78 is 0. The summed E-state index contributed by atoms with van der Waals surface area (Å²) in [5, 5.41) is 0. The first-order valence-corrected chi connectivity index (χ1v) is 7.53. The summed E-state index contributed by atoms with van der Waals surface area (Å²) in [5.74, 6) is 0.350. The number of anilines is 1. The van der Waals surface area contributed by atoms with Crippen LogP contribution in [-0.4, -0.2) is 13.0 Å². The lowest BCUT2D eigenvalue weighted by Crippen LogP contribution is -2.42. The fraction of sp³-hybridized carbons (Fsp3) is 0.588. The van der Waals surface area contributed by atoms with Crippen molar-refractivity contribution < 1.29 is 4.79 Å². The standard InChI is InChI=1S/C17H26N2O/c1-17(2)11-7-6-9-14(17)16(20)19(3)15-10-5-4-8-13(15)12-18/h4-5,8,10,14H,6-7,9,11-12,18H2,1-3H3. The number of nitrogens with two attached hydrogens (primary N) is 1. The van der Waals surface area contributed by atoms with Crippen molar-refractivity contribution in [2.75, 3.05) is 11.9 Å². The van der Waals surface area contributed by atoms with Gasteiger partial charge in [-0.25, -0.2) is 0 Å². The van der Waals surface area contributed by atoms with Crippen LogP contribution in [0.1, 0.15) is 45.1 Å². The normalized spacial score (nSPS) is 21.5. The maximum absolute atomic E-state index is 12.9. The topological polar surface area (TPSA) is 46.3 Å². The second kappa shape index (κ2) is 5.96. The first-order chi connectivity index (χ1) is 9.47. The second-order valence-corrected chi connectivity index (χ2v) is 6.52. The third kappa shape index (κ3) is 2.88. The highest BCUT2D eigenvalue weighted by Gasteiger charge is 2.38. The van der Waals surface area contributed by atoms with Gasteiger partial charge in [0.05, 0.1) is 0 Å². The molecule has 0 bridgehead atoms. The molecule has 1 unspecified atom stereocenters. The van der Waals surface area contributed by atoms with Gasteiger partial charge in [0, 0.05) is 25.2 Å².